The molecule has 4 amide bonds. The van der Waals surface area contributed by atoms with Gasteiger partial charge >= 0.3 is 0 Å². The highest BCUT2D eigenvalue weighted by Gasteiger charge is 2.34. The summed E-state index contributed by atoms with van der Waals surface area (Å²) in [7, 11) is 6.50. The SMILES string of the molecule is COCCOCn1cc(-c2ccc3nnn(Cc4ccc5nc(NC(=O)C6CC6)cn5n4)c3c2)cn1.COCCn1cc(-c2ccc3nnn(Cc4ccc5nc(NC(=O)C6CC6)cn5n4)c3c2)cn1.COCc1nc(-c2ccc3nnn(Cc4ccc5nc(NC(=O)C6CC6)cn5n4)c3c2)n[nH]1.COCc1nc(-c2ccc3nnn(Cc4ccc5nc(NC(=O)C6CC6)cn5n4)c3c2)no1. The molecule has 4 aliphatic rings. The number of anilines is 4. The number of ether oxygens (including phenoxy) is 5. The van der Waals surface area contributed by atoms with Gasteiger partial charge in [0.1, 0.15) is 42.0 Å². The Morgan fingerprint density at radius 3 is 1.13 bits per heavy atom. The molecule has 4 saturated carbocycles. The van der Waals surface area contributed by atoms with Gasteiger partial charge in [-0.05, 0) is 172 Å². The predicted molar refractivity (Wildman–Crippen MR) is 486 cm³/mol. The summed E-state index contributed by atoms with van der Waals surface area (Å²) in [6, 6.07) is 38.5. The molecule has 24 rings (SSSR count). The third-order valence-electron chi connectivity index (χ3n) is 22.8. The minimum absolute atomic E-state index is 0.0134. The molecule has 4 aromatic carbocycles. The Bertz CT molecular complexity index is 7570. The summed E-state index contributed by atoms with van der Waals surface area (Å²) in [5, 5.41) is 84.2. The molecule has 0 atom stereocenters. The predicted octanol–water partition coefficient (Wildman–Crippen LogP) is 8.61. The summed E-state index contributed by atoms with van der Waals surface area (Å²) in [5.41, 5.74) is 18.0. The number of aromatic amines is 1. The van der Waals surface area contributed by atoms with E-state index in [0.717, 1.165) is 152 Å². The van der Waals surface area contributed by atoms with E-state index in [1.807, 2.05) is 154 Å². The lowest BCUT2D eigenvalue weighted by molar-refractivity contribution is -0.118. The molecular formula is C89H87N37O10. The number of H-pyrrole nitrogens is 1. The summed E-state index contributed by atoms with van der Waals surface area (Å²) < 4.78 is 48.4. The number of rotatable bonds is 32. The van der Waals surface area contributed by atoms with Crippen LogP contribution in [0.2, 0.25) is 0 Å². The molecule has 16 heterocycles. The van der Waals surface area contributed by atoms with Crippen LogP contribution in [0.15, 0.2) is 175 Å². The number of nitrogens with zero attached hydrogens (tertiary/aromatic N) is 32. The first-order valence-electron chi connectivity index (χ1n) is 44.0. The number of carbonyl (C=O) groups excluding carboxylic acids is 4. The van der Waals surface area contributed by atoms with Crippen molar-refractivity contribution in [2.24, 2.45) is 23.7 Å². The lowest BCUT2D eigenvalue weighted by Gasteiger charge is -2.04. The molecule has 47 heteroatoms. The van der Waals surface area contributed by atoms with Crippen molar-refractivity contribution in [3.63, 3.8) is 0 Å². The molecule has 688 valence electrons. The first kappa shape index (κ1) is 86.1. The van der Waals surface area contributed by atoms with Crippen LogP contribution in [-0.2, 0) is 95.5 Å². The van der Waals surface area contributed by atoms with Crippen molar-refractivity contribution in [2.75, 3.05) is 69.5 Å². The average Bonchev–Trinajstić information content (AvgIpc) is 1.67. The summed E-state index contributed by atoms with van der Waals surface area (Å²) in [5.74, 6) is 4.70. The van der Waals surface area contributed by atoms with Gasteiger partial charge in [0.2, 0.25) is 29.5 Å². The van der Waals surface area contributed by atoms with E-state index in [2.05, 4.69) is 144 Å². The third-order valence-corrected chi connectivity index (χ3v) is 22.8. The molecule has 4 fully saturated rings. The largest absolute Gasteiger partial charge is 0.383 e. The molecule has 20 aromatic rings. The summed E-state index contributed by atoms with van der Waals surface area (Å²) in [6.07, 6.45) is 22.1. The van der Waals surface area contributed by atoms with Crippen LogP contribution >= 0.6 is 0 Å². The Hall–Kier alpha value is -16.7. The molecule has 0 saturated heterocycles. The number of nitrogens with one attached hydrogen (secondary N) is 5. The van der Waals surface area contributed by atoms with Crippen LogP contribution in [0.3, 0.4) is 0 Å². The fraction of sp³-hybridized carbons (Fsp3) is 0.303. The Balaban J connectivity index is 0.000000109. The summed E-state index contributed by atoms with van der Waals surface area (Å²) in [4.78, 5) is 74.6. The van der Waals surface area contributed by atoms with E-state index >= 15 is 0 Å². The van der Waals surface area contributed by atoms with Crippen LogP contribution in [0.5, 0.6) is 0 Å². The summed E-state index contributed by atoms with van der Waals surface area (Å²) >= 11 is 0. The van der Waals surface area contributed by atoms with Crippen molar-refractivity contribution in [1.29, 1.82) is 0 Å². The molecule has 0 unspecified atom stereocenters. The van der Waals surface area contributed by atoms with E-state index in [0.29, 0.717) is 135 Å². The highest BCUT2D eigenvalue weighted by Crippen LogP contribution is 2.35. The Morgan fingerprint density at radius 2 is 0.750 bits per heavy atom. The third kappa shape index (κ3) is 19.8. The standard InChI is InChI=1S/C24H25N9O3.C23H23N9O2.C21H20N10O2.C21H19N9O3/c1-35-8-9-36-15-31-12-18(11-25-31)17-4-6-20-21(10-17)32(30-28-20)13-19-5-7-23-26-22(14-33(23)29-19)27-24(34)16-2-3-16;1-34-9-8-30-12-17(11-24-30)16-4-6-19-20(10-16)31(29-27-19)13-18-5-7-22-25-21(14-32(22)28-18)26-23(33)15-2-3-15;1-33-11-18-23-20(27-26-18)13-4-6-15-16(8-13)30(29-25-15)9-14-5-7-19-22-17(10-31(19)28-14)24-21(32)12-2-3-12;1-32-11-19-24-20(27-33-19)13-4-6-15-16(8-13)29(28-25-15)9-14-5-7-18-22-17(10-30(18)26-14)23-21(31)12-2-3-12/h4-7,10-12,14,16H,2-3,8-9,13,15H2,1H3,(H,27,34);4-7,10-12,14-15H,2-3,8-9,13H2,1H3,(H,26,33);4-8,10,12H,2-3,9,11H2,1H3,(H,24,32)(H,23,26,27);4-8,10,12H,2-3,9,11H2,1H3,(H,23,31). The van der Waals surface area contributed by atoms with E-state index in [-0.39, 0.29) is 53.9 Å². The molecular weight excluding hydrogens is 1750 g/mol. The summed E-state index contributed by atoms with van der Waals surface area (Å²) in [6.45, 7) is 5.05. The number of amides is 4. The van der Waals surface area contributed by atoms with Gasteiger partial charge in [-0.2, -0.15) is 40.7 Å². The van der Waals surface area contributed by atoms with Gasteiger partial charge in [-0.15, -0.1) is 20.4 Å². The minimum Gasteiger partial charge on any atom is -0.383 e. The lowest BCUT2D eigenvalue weighted by Crippen LogP contribution is -2.13. The van der Waals surface area contributed by atoms with Crippen LogP contribution in [0.1, 0.15) is 85.9 Å². The molecule has 0 radical (unpaired) electrons. The highest BCUT2D eigenvalue weighted by atomic mass is 16.5. The van der Waals surface area contributed by atoms with Gasteiger partial charge in [-0.1, -0.05) is 38.1 Å². The maximum Gasteiger partial charge on any atom is 0.252 e. The number of carbonyl (C=O) groups is 4. The fourth-order valence-electron chi connectivity index (χ4n) is 15.0. The van der Waals surface area contributed by atoms with Crippen molar-refractivity contribution >= 4 is 114 Å². The van der Waals surface area contributed by atoms with Gasteiger partial charge in [0.05, 0.1) is 135 Å². The maximum atomic E-state index is 12.0. The van der Waals surface area contributed by atoms with Crippen LogP contribution in [0, 0.1) is 23.7 Å². The van der Waals surface area contributed by atoms with E-state index < -0.39 is 0 Å². The second kappa shape index (κ2) is 37.9. The van der Waals surface area contributed by atoms with Gasteiger partial charge < -0.3 is 49.5 Å². The molecule has 0 bridgehead atoms. The molecule has 16 aromatic heterocycles. The van der Waals surface area contributed by atoms with E-state index in [1.165, 1.54) is 0 Å². The molecule has 47 nitrogen and oxygen atoms in total. The topological polar surface area (TPSA) is 522 Å². The second-order valence-corrected chi connectivity index (χ2v) is 33.1. The van der Waals surface area contributed by atoms with Crippen LogP contribution < -0.4 is 21.3 Å². The quantitative estimate of drug-likeness (QED) is 0.0246. The second-order valence-electron chi connectivity index (χ2n) is 33.1. The number of fused-ring (bicyclic) bond motifs is 8. The van der Waals surface area contributed by atoms with Gasteiger partial charge in [0, 0.05) is 86.8 Å². The molecule has 4 aliphatic carbocycles. The van der Waals surface area contributed by atoms with E-state index in [9.17, 15) is 19.2 Å². The van der Waals surface area contributed by atoms with Crippen molar-refractivity contribution in [3.8, 4) is 45.0 Å². The zero-order valence-electron chi connectivity index (χ0n) is 73.8. The van der Waals surface area contributed by atoms with E-state index in [4.69, 9.17) is 28.2 Å². The van der Waals surface area contributed by atoms with Gasteiger partial charge in [0.15, 0.2) is 57.5 Å². The van der Waals surface area contributed by atoms with Crippen molar-refractivity contribution in [1.82, 2.24) is 163 Å². The van der Waals surface area contributed by atoms with Gasteiger partial charge in [-0.25, -0.2) is 66.4 Å². The minimum atomic E-state index is 0.0134. The van der Waals surface area contributed by atoms with Crippen LogP contribution in [0.25, 0.3) is 112 Å². The maximum absolute atomic E-state index is 12.0. The van der Waals surface area contributed by atoms with Gasteiger partial charge in [0.25, 0.3) is 5.89 Å². The zero-order valence-corrected chi connectivity index (χ0v) is 73.8. The lowest BCUT2D eigenvalue weighted by atomic mass is 10.1. The smallest absolute Gasteiger partial charge is 0.252 e. The Morgan fingerprint density at radius 1 is 0.382 bits per heavy atom. The zero-order chi connectivity index (χ0) is 92.3. The van der Waals surface area contributed by atoms with E-state index in [1.54, 1.807) is 85.3 Å². The van der Waals surface area contributed by atoms with Crippen molar-refractivity contribution < 1.29 is 47.4 Å². The van der Waals surface area contributed by atoms with Crippen molar-refractivity contribution in [3.05, 3.63) is 205 Å². The fourth-order valence-corrected chi connectivity index (χ4v) is 15.0. The molecule has 0 spiro atoms. The molecule has 0 aliphatic heterocycles. The Kier molecular flexibility index (Phi) is 24.0. The number of methoxy groups -OCH3 is 4. The first-order chi connectivity index (χ1) is 66.6. The molecule has 5 N–H and O–H groups in total. The normalized spacial score (nSPS) is 13.7. The number of imidazole rings is 4. The highest BCUT2D eigenvalue weighted by molar-refractivity contribution is 5.96. The van der Waals surface area contributed by atoms with Gasteiger partial charge in [-0.3, -0.25) is 29.0 Å². The Labute approximate surface area is 768 Å². The van der Waals surface area contributed by atoms with Crippen LogP contribution in [-0.4, -0.2) is 235 Å². The monoisotopic (exact) mass is 1830 g/mol. The number of aromatic nitrogens is 33. The average molecular weight is 1830 g/mol. The number of benzene rings is 4. The number of hydrogen-bond donors (Lipinski definition) is 5. The number of hydrogen-bond acceptors (Lipinski definition) is 32. The first-order valence-corrected chi connectivity index (χ1v) is 44.0. The van der Waals surface area contributed by atoms with Crippen LogP contribution in [0.4, 0.5) is 23.3 Å². The van der Waals surface area contributed by atoms with Crippen molar-refractivity contribution in [2.45, 2.75) is 104 Å². The molecule has 136 heavy (non-hydrogen) atoms.